The molecule has 40 heavy (non-hydrogen) atoms. The van der Waals surface area contributed by atoms with E-state index in [4.69, 9.17) is 28.8 Å². The van der Waals surface area contributed by atoms with Crippen LogP contribution in [0.25, 0.3) is 5.69 Å². The first kappa shape index (κ1) is 27.9. The quantitative estimate of drug-likeness (QED) is 0.234. The maximum absolute atomic E-state index is 12.4. The summed E-state index contributed by atoms with van der Waals surface area (Å²) in [6, 6.07) is 19.9. The summed E-state index contributed by atoms with van der Waals surface area (Å²) in [5.41, 5.74) is 9.09. The molecular formula is C32H34ClN5OS. The van der Waals surface area contributed by atoms with Gasteiger partial charge in [-0.1, -0.05) is 37.6 Å². The number of benzene rings is 2. The molecule has 0 saturated carbocycles. The highest BCUT2D eigenvalue weighted by atomic mass is 35.5. The van der Waals surface area contributed by atoms with Crippen LogP contribution in [0.5, 0.6) is 0 Å². The number of amides is 1. The molecule has 2 aromatic carbocycles. The summed E-state index contributed by atoms with van der Waals surface area (Å²) in [5, 5.41) is 7.96. The van der Waals surface area contributed by atoms with E-state index in [2.05, 4.69) is 52.1 Å². The van der Waals surface area contributed by atoms with E-state index in [0.717, 1.165) is 55.9 Å². The number of rotatable bonds is 6. The van der Waals surface area contributed by atoms with Gasteiger partial charge in [-0.25, -0.2) is 0 Å². The Bertz CT molecular complexity index is 1600. The molecule has 2 atom stereocenters. The summed E-state index contributed by atoms with van der Waals surface area (Å²) in [7, 11) is 0. The van der Waals surface area contributed by atoms with E-state index in [0.29, 0.717) is 5.11 Å². The highest BCUT2D eigenvalue weighted by Gasteiger charge is 2.42. The van der Waals surface area contributed by atoms with Gasteiger partial charge in [-0.3, -0.25) is 9.78 Å². The smallest absolute Gasteiger partial charge is 0.226 e. The molecule has 1 aliphatic rings. The van der Waals surface area contributed by atoms with Crippen molar-refractivity contribution in [2.24, 2.45) is 5.92 Å². The molecule has 1 saturated heterocycles. The van der Waals surface area contributed by atoms with Gasteiger partial charge in [0.1, 0.15) is 0 Å². The third-order valence-electron chi connectivity index (χ3n) is 7.64. The zero-order valence-electron chi connectivity index (χ0n) is 23.6. The maximum atomic E-state index is 12.4. The van der Waals surface area contributed by atoms with Gasteiger partial charge in [0.05, 0.1) is 17.8 Å². The number of hydrogen-bond donors (Lipinski definition) is 2. The number of halogens is 1. The number of hydrogen-bond acceptors (Lipinski definition) is 3. The Kier molecular flexibility index (Phi) is 7.71. The van der Waals surface area contributed by atoms with Crippen LogP contribution in [-0.2, 0) is 4.79 Å². The van der Waals surface area contributed by atoms with Gasteiger partial charge in [-0.2, -0.15) is 0 Å². The lowest BCUT2D eigenvalue weighted by molar-refractivity contribution is -0.118. The molecule has 2 N–H and O–H groups in total. The molecule has 5 rings (SSSR count). The van der Waals surface area contributed by atoms with Crippen LogP contribution in [0.3, 0.4) is 0 Å². The van der Waals surface area contributed by atoms with Gasteiger partial charge < -0.3 is 20.1 Å². The number of thiocarbonyl (C=S) groups is 1. The molecule has 0 radical (unpaired) electrons. The molecule has 8 heteroatoms. The van der Waals surface area contributed by atoms with E-state index in [1.165, 1.54) is 0 Å². The summed E-state index contributed by atoms with van der Waals surface area (Å²) in [6.07, 6.45) is 1.81. The number of carbonyl (C=O) groups excluding carboxylic acids is 1. The highest BCUT2D eigenvalue weighted by Crippen LogP contribution is 2.44. The number of aryl methyl sites for hydroxylation is 2. The van der Waals surface area contributed by atoms with Crippen LogP contribution in [0.2, 0.25) is 5.02 Å². The minimum Gasteiger partial charge on any atom is -0.351 e. The van der Waals surface area contributed by atoms with Gasteiger partial charge in [0, 0.05) is 45.6 Å². The Morgan fingerprint density at radius 2 is 1.82 bits per heavy atom. The van der Waals surface area contributed by atoms with Crippen LogP contribution in [-0.4, -0.2) is 20.6 Å². The van der Waals surface area contributed by atoms with Crippen molar-refractivity contribution in [2.75, 3.05) is 10.2 Å². The van der Waals surface area contributed by atoms with Crippen molar-refractivity contribution in [1.82, 2.24) is 14.9 Å². The molecule has 206 valence electrons. The summed E-state index contributed by atoms with van der Waals surface area (Å²) in [4.78, 5) is 19.2. The number of anilines is 2. The normalized spacial score (nSPS) is 16.9. The van der Waals surface area contributed by atoms with Crippen LogP contribution in [0.15, 0.2) is 66.9 Å². The molecule has 2 aromatic heterocycles. The lowest BCUT2D eigenvalue weighted by Gasteiger charge is -2.29. The van der Waals surface area contributed by atoms with Gasteiger partial charge in [-0.15, -0.1) is 0 Å². The van der Waals surface area contributed by atoms with Crippen LogP contribution < -0.4 is 15.5 Å². The Morgan fingerprint density at radius 3 is 2.50 bits per heavy atom. The molecule has 0 aliphatic carbocycles. The van der Waals surface area contributed by atoms with Gasteiger partial charge in [0.15, 0.2) is 5.11 Å². The molecule has 3 heterocycles. The summed E-state index contributed by atoms with van der Waals surface area (Å²) in [6.45, 7) is 12.1. The number of carbonyl (C=O) groups is 1. The molecule has 6 nitrogen and oxygen atoms in total. The Hall–Kier alpha value is -3.68. The van der Waals surface area contributed by atoms with Gasteiger partial charge in [-0.05, 0) is 105 Å². The van der Waals surface area contributed by atoms with Crippen LogP contribution in [0, 0.1) is 33.6 Å². The minimum atomic E-state index is -0.163. The zero-order chi connectivity index (χ0) is 28.7. The van der Waals surface area contributed by atoms with Crippen molar-refractivity contribution in [1.29, 1.82) is 0 Å². The molecule has 1 amide bonds. The van der Waals surface area contributed by atoms with Crippen LogP contribution in [0.1, 0.15) is 59.7 Å². The van der Waals surface area contributed by atoms with Gasteiger partial charge in [0.2, 0.25) is 5.91 Å². The zero-order valence-corrected chi connectivity index (χ0v) is 25.2. The standard InChI is InChI=1S/C32H34ClN5OS/c1-18(2)31(39)35-26-14-13-23(16-19(26)3)38-30(29(36-32(38)40)27-11-7-8-15-34-27)24-17-20(4)37(22(24)6)28-12-9-10-25(33)21(28)5/h7-18,29-30H,1-6H3,(H,35,39)(H,36,40)/t29-,30+/m1/s1. The molecule has 0 bridgehead atoms. The topological polar surface area (TPSA) is 62.2 Å². The Balaban J connectivity index is 1.64. The van der Waals surface area contributed by atoms with Crippen LogP contribution in [0.4, 0.5) is 11.4 Å². The first-order chi connectivity index (χ1) is 19.1. The van der Waals surface area contributed by atoms with Crippen molar-refractivity contribution in [3.8, 4) is 5.69 Å². The van der Waals surface area contributed by atoms with E-state index >= 15 is 0 Å². The fourth-order valence-electron chi connectivity index (χ4n) is 5.46. The average Bonchev–Trinajstić information content (AvgIpc) is 3.42. The van der Waals surface area contributed by atoms with Crippen molar-refractivity contribution in [3.63, 3.8) is 0 Å². The molecule has 1 fully saturated rings. The van der Waals surface area contributed by atoms with E-state index in [1.807, 2.05) is 76.4 Å². The van der Waals surface area contributed by atoms with E-state index < -0.39 is 0 Å². The van der Waals surface area contributed by atoms with Gasteiger partial charge in [0.25, 0.3) is 0 Å². The van der Waals surface area contributed by atoms with Gasteiger partial charge >= 0.3 is 0 Å². The van der Waals surface area contributed by atoms with E-state index in [-0.39, 0.29) is 23.9 Å². The highest BCUT2D eigenvalue weighted by molar-refractivity contribution is 7.80. The second-order valence-electron chi connectivity index (χ2n) is 10.7. The largest absolute Gasteiger partial charge is 0.351 e. The van der Waals surface area contributed by atoms with E-state index in [1.54, 1.807) is 0 Å². The summed E-state index contributed by atoms with van der Waals surface area (Å²) in [5.74, 6) is -0.109. The second-order valence-corrected chi connectivity index (χ2v) is 11.5. The molecule has 1 aliphatic heterocycles. The van der Waals surface area contributed by atoms with Crippen LogP contribution >= 0.6 is 23.8 Å². The fraction of sp³-hybridized carbons (Fsp3) is 0.281. The Morgan fingerprint density at radius 1 is 1.05 bits per heavy atom. The lowest BCUT2D eigenvalue weighted by atomic mass is 9.96. The maximum Gasteiger partial charge on any atom is 0.226 e. The average molecular weight is 572 g/mol. The van der Waals surface area contributed by atoms with Crippen molar-refractivity contribution in [2.45, 2.75) is 53.6 Å². The Labute approximate surface area is 246 Å². The fourth-order valence-corrected chi connectivity index (χ4v) is 5.98. The van der Waals surface area contributed by atoms with E-state index in [9.17, 15) is 4.79 Å². The third kappa shape index (κ3) is 5.00. The second kappa shape index (κ2) is 11.1. The SMILES string of the molecule is Cc1cc(N2C(=S)N[C@H](c3ccccn3)[C@@H]2c2cc(C)n(-c3cccc(Cl)c3C)c2C)ccc1NC(=O)C(C)C. The number of pyridine rings is 1. The van der Waals surface area contributed by atoms with Crippen molar-refractivity contribution < 1.29 is 4.79 Å². The molecule has 0 spiro atoms. The molecule has 4 aromatic rings. The van der Waals surface area contributed by atoms with Crippen molar-refractivity contribution >= 4 is 46.2 Å². The summed E-state index contributed by atoms with van der Waals surface area (Å²) >= 11 is 12.5. The monoisotopic (exact) mass is 571 g/mol. The molecule has 0 unspecified atom stereocenters. The number of aromatic nitrogens is 2. The predicted octanol–water partition coefficient (Wildman–Crippen LogP) is 7.53. The lowest BCUT2D eigenvalue weighted by Crippen LogP contribution is -2.29. The predicted molar refractivity (Wildman–Crippen MR) is 168 cm³/mol. The minimum absolute atomic E-state index is 0.00829. The number of nitrogens with one attached hydrogen (secondary N) is 2. The first-order valence-corrected chi connectivity index (χ1v) is 14.2. The van der Waals surface area contributed by atoms with Crippen molar-refractivity contribution in [3.05, 3.63) is 106 Å². The molecular weight excluding hydrogens is 538 g/mol. The first-order valence-electron chi connectivity index (χ1n) is 13.4. The summed E-state index contributed by atoms with van der Waals surface area (Å²) < 4.78 is 2.27. The number of nitrogens with zero attached hydrogens (tertiary/aromatic N) is 3. The third-order valence-corrected chi connectivity index (χ3v) is 8.36.